The number of hydrogen-bond acceptors (Lipinski definition) is 9. The van der Waals surface area contributed by atoms with Crippen molar-refractivity contribution in [2.45, 2.75) is 109 Å². The van der Waals surface area contributed by atoms with Gasteiger partial charge in [0.25, 0.3) is 15.9 Å². The Morgan fingerprint density at radius 2 is 1.83 bits per heavy atom. The summed E-state index contributed by atoms with van der Waals surface area (Å²) in [5, 5.41) is 14.0. The monoisotopic (exact) mass is 676 g/mol. The van der Waals surface area contributed by atoms with Gasteiger partial charge < -0.3 is 28.9 Å². The summed E-state index contributed by atoms with van der Waals surface area (Å²) in [4.78, 5) is 31.0. The summed E-state index contributed by atoms with van der Waals surface area (Å²) in [5.74, 6) is 0.0540. The van der Waals surface area contributed by atoms with E-state index in [0.717, 1.165) is 38.5 Å². The fourth-order valence-electron chi connectivity index (χ4n) is 6.53. The number of likely N-dealkylation sites (N-methyl/N-ethyl adjacent to an activating group) is 1. The summed E-state index contributed by atoms with van der Waals surface area (Å²) in [5.41, 5.74) is 0.562. The zero-order valence-electron chi connectivity index (χ0n) is 28.7. The predicted octanol–water partition coefficient (Wildman–Crippen LogP) is 4.93. The van der Waals surface area contributed by atoms with Crippen molar-refractivity contribution in [2.24, 2.45) is 11.8 Å². The molecule has 47 heavy (non-hydrogen) atoms. The Kier molecular flexibility index (Phi) is 12.7. The predicted molar refractivity (Wildman–Crippen MR) is 178 cm³/mol. The highest BCUT2D eigenvalue weighted by Gasteiger charge is 2.33. The van der Waals surface area contributed by atoms with Gasteiger partial charge in [0.05, 0.1) is 30.4 Å². The minimum atomic E-state index is -4.07. The highest BCUT2D eigenvalue weighted by Crippen LogP contribution is 2.31. The summed E-state index contributed by atoms with van der Waals surface area (Å²) in [6.07, 6.45) is 6.94. The Hall–Kier alpha value is -3.16. The molecular weight excluding hydrogens is 624 g/mol. The first-order valence-corrected chi connectivity index (χ1v) is 18.4. The molecule has 262 valence electrons. The van der Waals surface area contributed by atoms with Crippen molar-refractivity contribution in [1.82, 2.24) is 15.0 Å². The molecule has 0 saturated heterocycles. The largest absolute Gasteiger partial charge is 0.490 e. The third-order valence-electron chi connectivity index (χ3n) is 9.32. The van der Waals surface area contributed by atoms with Crippen molar-refractivity contribution < 1.29 is 37.1 Å². The molecule has 0 bridgehead atoms. The van der Waals surface area contributed by atoms with Gasteiger partial charge in [-0.1, -0.05) is 31.3 Å². The van der Waals surface area contributed by atoms with Crippen molar-refractivity contribution in [3.63, 3.8) is 0 Å². The van der Waals surface area contributed by atoms with Crippen LogP contribution in [0.5, 0.6) is 5.75 Å². The van der Waals surface area contributed by atoms with Crippen LogP contribution in [-0.2, 0) is 19.6 Å². The van der Waals surface area contributed by atoms with Crippen LogP contribution >= 0.6 is 0 Å². The third-order valence-corrected chi connectivity index (χ3v) is 10.9. The van der Waals surface area contributed by atoms with E-state index in [1.807, 2.05) is 20.9 Å². The highest BCUT2D eigenvalue weighted by molar-refractivity contribution is 7.92. The number of ether oxygens (including phenoxy) is 2. The quantitative estimate of drug-likeness (QED) is 0.397. The van der Waals surface area contributed by atoms with Crippen LogP contribution in [0, 0.1) is 25.7 Å². The van der Waals surface area contributed by atoms with E-state index in [1.165, 1.54) is 19.4 Å². The number of sulfonamides is 1. The first-order valence-electron chi connectivity index (χ1n) is 16.9. The summed E-state index contributed by atoms with van der Waals surface area (Å²) >= 11 is 0. The standard InChI is InChI=1S/C34H52N4O8S/c1-22-19-38(23(2)21-39)34(41)29-18-28(36-47(42,43)32-25(4)35-46-26(32)5)15-16-30(29)45-24(3)12-10-11-17-44-31(22)20-37(6)33(40)27-13-8-7-9-14-27/h15-16,18,22-24,27,31,36,39H,7-14,17,19-21H2,1-6H3/t22-,23-,24-,31-/m0/s1. The van der Waals surface area contributed by atoms with Gasteiger partial charge in [0, 0.05) is 44.3 Å². The zero-order chi connectivity index (χ0) is 34.3. The van der Waals surface area contributed by atoms with Crippen LogP contribution in [0.2, 0.25) is 0 Å². The van der Waals surface area contributed by atoms with E-state index in [1.54, 1.807) is 35.8 Å². The number of anilines is 1. The summed E-state index contributed by atoms with van der Waals surface area (Å²) < 4.78 is 46.9. The van der Waals surface area contributed by atoms with Gasteiger partial charge in [0.1, 0.15) is 11.4 Å². The normalized spacial score (nSPS) is 22.9. The minimum Gasteiger partial charge on any atom is -0.490 e. The number of carbonyl (C=O) groups excluding carboxylic acids is 2. The number of rotatable bonds is 8. The average molecular weight is 677 g/mol. The van der Waals surface area contributed by atoms with Crippen molar-refractivity contribution in [3.8, 4) is 5.75 Å². The van der Waals surface area contributed by atoms with Crippen molar-refractivity contribution in [2.75, 3.05) is 38.1 Å². The lowest BCUT2D eigenvalue weighted by Crippen LogP contribution is -2.48. The third kappa shape index (κ3) is 9.26. The van der Waals surface area contributed by atoms with Crippen molar-refractivity contribution in [1.29, 1.82) is 0 Å². The van der Waals surface area contributed by atoms with Gasteiger partial charge >= 0.3 is 0 Å². The molecule has 2 N–H and O–H groups in total. The molecule has 1 aliphatic carbocycles. The van der Waals surface area contributed by atoms with E-state index in [0.29, 0.717) is 25.3 Å². The van der Waals surface area contributed by atoms with E-state index in [2.05, 4.69) is 9.88 Å². The molecule has 4 atom stereocenters. The van der Waals surface area contributed by atoms with Gasteiger partial charge in [-0.15, -0.1) is 0 Å². The first kappa shape index (κ1) is 36.7. The fraction of sp³-hybridized carbons (Fsp3) is 0.676. The van der Waals surface area contributed by atoms with Crippen LogP contribution in [0.1, 0.15) is 93.9 Å². The molecular formula is C34H52N4O8S. The van der Waals surface area contributed by atoms with Gasteiger partial charge in [0.2, 0.25) is 5.91 Å². The lowest BCUT2D eigenvalue weighted by atomic mass is 9.88. The number of fused-ring (bicyclic) bond motifs is 1. The Balaban J connectivity index is 1.65. The number of aliphatic hydroxyl groups excluding tert-OH is 1. The number of nitrogens with zero attached hydrogens (tertiary/aromatic N) is 3. The number of aliphatic hydroxyl groups is 1. The molecule has 4 rings (SSSR count). The minimum absolute atomic E-state index is 0.0391. The van der Waals surface area contributed by atoms with E-state index in [4.69, 9.17) is 14.0 Å². The Morgan fingerprint density at radius 3 is 2.49 bits per heavy atom. The SMILES string of the molecule is Cc1noc(C)c1S(=O)(=O)Nc1ccc2c(c1)C(=O)N([C@@H](C)CO)C[C@H](C)[C@H](CN(C)C(=O)C1CCCCC1)OCCCC[C@H](C)O2. The lowest BCUT2D eigenvalue weighted by Gasteiger charge is -2.36. The number of nitrogens with one attached hydrogen (secondary N) is 1. The number of hydrogen-bond donors (Lipinski definition) is 2. The number of amides is 2. The topological polar surface area (TPSA) is 152 Å². The summed E-state index contributed by atoms with van der Waals surface area (Å²) in [6.45, 7) is 9.62. The maximum Gasteiger partial charge on any atom is 0.267 e. The van der Waals surface area contributed by atoms with Crippen molar-refractivity contribution >= 4 is 27.5 Å². The molecule has 2 heterocycles. The maximum absolute atomic E-state index is 14.4. The molecule has 0 unspecified atom stereocenters. The summed E-state index contributed by atoms with van der Waals surface area (Å²) in [6, 6.07) is 4.07. The van der Waals surface area contributed by atoms with Crippen LogP contribution < -0.4 is 9.46 Å². The Morgan fingerprint density at radius 1 is 1.13 bits per heavy atom. The number of aryl methyl sites for hydroxylation is 2. The van der Waals surface area contributed by atoms with Crippen LogP contribution in [-0.4, -0.2) is 91.9 Å². The molecule has 1 aromatic heterocycles. The zero-order valence-corrected chi connectivity index (χ0v) is 29.5. The molecule has 1 saturated carbocycles. The van der Waals surface area contributed by atoms with Crippen LogP contribution in [0.25, 0.3) is 0 Å². The van der Waals surface area contributed by atoms with Gasteiger partial charge in [-0.05, 0) is 78.0 Å². The van der Waals surface area contributed by atoms with E-state index < -0.39 is 22.0 Å². The van der Waals surface area contributed by atoms with Crippen molar-refractivity contribution in [3.05, 3.63) is 35.2 Å². The molecule has 13 heteroatoms. The second kappa shape index (κ2) is 16.3. The highest BCUT2D eigenvalue weighted by atomic mass is 32.2. The molecule has 1 fully saturated rings. The first-order chi connectivity index (χ1) is 22.3. The molecule has 2 aromatic rings. The van der Waals surface area contributed by atoms with E-state index >= 15 is 0 Å². The molecule has 0 spiro atoms. The fourth-order valence-corrected chi connectivity index (χ4v) is 7.92. The molecule has 1 aliphatic heterocycles. The number of carbonyl (C=O) groups is 2. The molecule has 2 aliphatic rings. The molecule has 1 aromatic carbocycles. The average Bonchev–Trinajstić information content (AvgIpc) is 3.40. The van der Waals surface area contributed by atoms with Crippen LogP contribution in [0.3, 0.4) is 0 Å². The summed E-state index contributed by atoms with van der Waals surface area (Å²) in [7, 11) is -2.24. The van der Waals surface area contributed by atoms with Gasteiger partial charge in [-0.2, -0.15) is 0 Å². The van der Waals surface area contributed by atoms with E-state index in [9.17, 15) is 23.1 Å². The van der Waals surface area contributed by atoms with Crippen LogP contribution in [0.4, 0.5) is 5.69 Å². The smallest absolute Gasteiger partial charge is 0.267 e. The Bertz CT molecular complexity index is 1450. The lowest BCUT2D eigenvalue weighted by molar-refractivity contribution is -0.137. The van der Waals surface area contributed by atoms with Gasteiger partial charge in [-0.25, -0.2) is 8.42 Å². The molecule has 0 radical (unpaired) electrons. The van der Waals surface area contributed by atoms with Gasteiger partial charge in [-0.3, -0.25) is 14.3 Å². The molecule has 12 nitrogen and oxygen atoms in total. The molecule has 2 amide bonds. The Labute approximate surface area is 279 Å². The van der Waals surface area contributed by atoms with E-state index in [-0.39, 0.29) is 70.7 Å². The van der Waals surface area contributed by atoms with Crippen LogP contribution in [0.15, 0.2) is 27.6 Å². The second-order valence-electron chi connectivity index (χ2n) is 13.3. The van der Waals surface area contributed by atoms with Gasteiger partial charge in [0.15, 0.2) is 10.7 Å². The second-order valence-corrected chi connectivity index (χ2v) is 14.9. The number of benzene rings is 1. The maximum atomic E-state index is 14.4. The number of aromatic nitrogens is 1.